The minimum atomic E-state index is -1.01. The van der Waals surface area contributed by atoms with E-state index < -0.39 is 5.97 Å². The minimum absolute atomic E-state index is 0.0698. The fraction of sp³-hybridized carbons (Fsp3) is 0. The molecule has 6 nitrogen and oxygen atoms in total. The highest BCUT2D eigenvalue weighted by Crippen LogP contribution is 2.35. The molecule has 4 rings (SSSR count). The molecule has 0 unspecified atom stereocenters. The van der Waals surface area contributed by atoms with Crippen LogP contribution < -0.4 is 0 Å². The van der Waals surface area contributed by atoms with Gasteiger partial charge in [-0.05, 0) is 48.5 Å². The highest BCUT2D eigenvalue weighted by molar-refractivity contribution is 5.87. The van der Waals surface area contributed by atoms with Gasteiger partial charge in [-0.25, -0.2) is 9.78 Å². The molecule has 0 aliphatic heterocycles. The van der Waals surface area contributed by atoms with E-state index >= 15 is 0 Å². The van der Waals surface area contributed by atoms with Gasteiger partial charge in [-0.15, -0.1) is 0 Å². The van der Waals surface area contributed by atoms with E-state index in [0.717, 1.165) is 0 Å². The molecule has 4 aromatic rings. The number of para-hydroxylation sites is 2. The van der Waals surface area contributed by atoms with Crippen LogP contribution in [-0.2, 0) is 0 Å². The van der Waals surface area contributed by atoms with Crippen LogP contribution >= 0.6 is 0 Å². The number of rotatable bonds is 4. The van der Waals surface area contributed by atoms with Gasteiger partial charge in [0, 0.05) is 17.4 Å². The molecule has 1 heterocycles. The van der Waals surface area contributed by atoms with Crippen LogP contribution in [0.15, 0.2) is 79.0 Å². The van der Waals surface area contributed by atoms with E-state index in [1.165, 1.54) is 12.1 Å². The summed E-state index contributed by atoms with van der Waals surface area (Å²) in [5, 5.41) is 29.6. The van der Waals surface area contributed by atoms with Crippen molar-refractivity contribution >= 4 is 5.97 Å². The third-order valence-electron chi connectivity index (χ3n) is 4.42. The average Bonchev–Trinajstić information content (AvgIpc) is 3.13. The maximum Gasteiger partial charge on any atom is 0.335 e. The van der Waals surface area contributed by atoms with Crippen LogP contribution in [-0.4, -0.2) is 30.8 Å². The smallest absolute Gasteiger partial charge is 0.335 e. The molecule has 3 N–H and O–H groups in total. The molecule has 0 spiro atoms. The number of aromatic hydroxyl groups is 2. The predicted octanol–water partition coefficient (Wildman–Crippen LogP) is 4.32. The zero-order valence-electron chi connectivity index (χ0n) is 14.6. The van der Waals surface area contributed by atoms with E-state index in [2.05, 4.69) is 4.98 Å². The largest absolute Gasteiger partial charge is 0.507 e. The topological polar surface area (TPSA) is 95.6 Å². The van der Waals surface area contributed by atoms with Crippen molar-refractivity contribution in [2.75, 3.05) is 0 Å². The number of phenols is 2. The first-order valence-electron chi connectivity index (χ1n) is 8.54. The van der Waals surface area contributed by atoms with E-state index in [0.29, 0.717) is 28.3 Å². The van der Waals surface area contributed by atoms with Crippen LogP contribution in [0, 0.1) is 0 Å². The molecule has 6 heteroatoms. The van der Waals surface area contributed by atoms with Gasteiger partial charge >= 0.3 is 5.97 Å². The van der Waals surface area contributed by atoms with E-state index in [-0.39, 0.29) is 17.1 Å². The monoisotopic (exact) mass is 372 g/mol. The van der Waals surface area contributed by atoms with Crippen LogP contribution in [0.1, 0.15) is 10.4 Å². The average molecular weight is 372 g/mol. The second kappa shape index (κ2) is 6.92. The third kappa shape index (κ3) is 3.07. The molecule has 138 valence electrons. The Morgan fingerprint density at radius 3 is 1.93 bits per heavy atom. The minimum Gasteiger partial charge on any atom is -0.507 e. The molecule has 0 atom stereocenters. The van der Waals surface area contributed by atoms with Crippen molar-refractivity contribution in [1.82, 2.24) is 9.55 Å². The normalized spacial score (nSPS) is 10.7. The first-order valence-corrected chi connectivity index (χ1v) is 8.54. The quantitative estimate of drug-likeness (QED) is 0.496. The number of imidazole rings is 1. The number of phenolic OH excluding ortho intramolecular Hbond substituents is 2. The Hall–Kier alpha value is -4.06. The summed E-state index contributed by atoms with van der Waals surface area (Å²) in [6.07, 6.45) is 1.74. The van der Waals surface area contributed by atoms with Gasteiger partial charge in [-0.1, -0.05) is 24.3 Å². The molecule has 1 aromatic heterocycles. The summed E-state index contributed by atoms with van der Waals surface area (Å²) in [4.78, 5) is 15.8. The summed E-state index contributed by atoms with van der Waals surface area (Å²) in [6, 6.07) is 20.0. The molecule has 0 saturated heterocycles. The highest BCUT2D eigenvalue weighted by Gasteiger charge is 2.17. The summed E-state index contributed by atoms with van der Waals surface area (Å²) in [6.45, 7) is 0. The number of benzene rings is 3. The molecule has 3 aromatic carbocycles. The van der Waals surface area contributed by atoms with E-state index in [9.17, 15) is 15.0 Å². The molecular weight excluding hydrogens is 356 g/mol. The molecule has 0 amide bonds. The Morgan fingerprint density at radius 1 is 0.786 bits per heavy atom. The van der Waals surface area contributed by atoms with Crippen LogP contribution in [0.4, 0.5) is 0 Å². The third-order valence-corrected chi connectivity index (χ3v) is 4.42. The maximum absolute atomic E-state index is 11.1. The van der Waals surface area contributed by atoms with Crippen LogP contribution in [0.2, 0.25) is 0 Å². The predicted molar refractivity (Wildman–Crippen MR) is 105 cm³/mol. The lowest BCUT2D eigenvalue weighted by atomic mass is 10.1. The van der Waals surface area contributed by atoms with Crippen molar-refractivity contribution in [3.05, 3.63) is 84.6 Å². The SMILES string of the molecule is O=C(O)c1ccc(-n2cc(-c3ccccc3O)nc2-c2ccccc2O)cc1. The summed E-state index contributed by atoms with van der Waals surface area (Å²) < 4.78 is 1.75. The van der Waals surface area contributed by atoms with Crippen molar-refractivity contribution in [1.29, 1.82) is 0 Å². The zero-order chi connectivity index (χ0) is 19.7. The van der Waals surface area contributed by atoms with E-state index in [1.54, 1.807) is 71.4 Å². The number of aromatic carboxylic acids is 1. The van der Waals surface area contributed by atoms with Gasteiger partial charge in [0.2, 0.25) is 0 Å². The molecular formula is C22H16N2O4. The van der Waals surface area contributed by atoms with Gasteiger partial charge in [-0.3, -0.25) is 4.57 Å². The summed E-state index contributed by atoms with van der Waals surface area (Å²) in [5.74, 6) is -0.370. The Kier molecular flexibility index (Phi) is 4.29. The lowest BCUT2D eigenvalue weighted by Gasteiger charge is -2.09. The van der Waals surface area contributed by atoms with Gasteiger partial charge < -0.3 is 15.3 Å². The van der Waals surface area contributed by atoms with Crippen LogP contribution in [0.25, 0.3) is 28.3 Å². The van der Waals surface area contributed by atoms with Crippen molar-refractivity contribution < 1.29 is 20.1 Å². The van der Waals surface area contributed by atoms with Gasteiger partial charge in [0.05, 0.1) is 16.8 Å². The van der Waals surface area contributed by atoms with E-state index in [4.69, 9.17) is 5.11 Å². The second-order valence-electron chi connectivity index (χ2n) is 6.21. The molecule has 0 bridgehead atoms. The summed E-state index contributed by atoms with van der Waals surface area (Å²) >= 11 is 0. The summed E-state index contributed by atoms with van der Waals surface area (Å²) in [5.41, 5.74) is 2.46. The number of hydrogen-bond donors (Lipinski definition) is 3. The van der Waals surface area contributed by atoms with Crippen molar-refractivity contribution in [3.63, 3.8) is 0 Å². The molecule has 0 aliphatic carbocycles. The van der Waals surface area contributed by atoms with Gasteiger partial charge in [0.15, 0.2) is 0 Å². The first-order chi connectivity index (χ1) is 13.5. The molecule has 0 saturated carbocycles. The number of carbonyl (C=O) groups is 1. The van der Waals surface area contributed by atoms with Gasteiger partial charge in [-0.2, -0.15) is 0 Å². The maximum atomic E-state index is 11.1. The lowest BCUT2D eigenvalue weighted by Crippen LogP contribution is -1.99. The molecule has 28 heavy (non-hydrogen) atoms. The Morgan fingerprint density at radius 2 is 1.36 bits per heavy atom. The van der Waals surface area contributed by atoms with Crippen LogP contribution in [0.5, 0.6) is 11.5 Å². The number of carboxylic acid groups (broad SMARTS) is 1. The van der Waals surface area contributed by atoms with Crippen LogP contribution in [0.3, 0.4) is 0 Å². The van der Waals surface area contributed by atoms with Crippen molar-refractivity contribution in [3.8, 4) is 39.8 Å². The lowest BCUT2D eigenvalue weighted by molar-refractivity contribution is 0.0697. The standard InChI is InChI=1S/C22H16N2O4/c25-19-7-3-1-5-16(19)18-13-24(15-11-9-14(10-12-15)22(27)28)21(23-18)17-6-2-4-8-20(17)26/h1-13,25-26H,(H,27,28). The molecule has 0 aliphatic rings. The number of carboxylic acids is 1. The number of aromatic nitrogens is 2. The Labute approximate surface area is 160 Å². The van der Waals surface area contributed by atoms with E-state index in [1.807, 2.05) is 0 Å². The zero-order valence-corrected chi connectivity index (χ0v) is 14.6. The fourth-order valence-electron chi connectivity index (χ4n) is 3.01. The Balaban J connectivity index is 1.92. The molecule has 0 fully saturated rings. The summed E-state index contributed by atoms with van der Waals surface area (Å²) in [7, 11) is 0. The Bertz CT molecular complexity index is 1160. The number of nitrogens with zero attached hydrogens (tertiary/aromatic N) is 2. The van der Waals surface area contributed by atoms with Gasteiger partial charge in [0.1, 0.15) is 17.3 Å². The highest BCUT2D eigenvalue weighted by atomic mass is 16.4. The number of hydrogen-bond acceptors (Lipinski definition) is 4. The molecule has 0 radical (unpaired) electrons. The first kappa shape index (κ1) is 17.4. The van der Waals surface area contributed by atoms with Gasteiger partial charge in [0.25, 0.3) is 0 Å². The fourth-order valence-corrected chi connectivity index (χ4v) is 3.01. The van der Waals surface area contributed by atoms with Crippen molar-refractivity contribution in [2.45, 2.75) is 0 Å². The second-order valence-corrected chi connectivity index (χ2v) is 6.21. The van der Waals surface area contributed by atoms with Crippen molar-refractivity contribution in [2.24, 2.45) is 0 Å².